The van der Waals surface area contributed by atoms with Crippen LogP contribution in [0.3, 0.4) is 0 Å². The van der Waals surface area contributed by atoms with Crippen molar-refractivity contribution in [1.29, 1.82) is 0 Å². The molecule has 0 saturated heterocycles. The predicted molar refractivity (Wildman–Crippen MR) is 108 cm³/mol. The molecule has 0 radical (unpaired) electrons. The first kappa shape index (κ1) is 15.6. The minimum Gasteiger partial charge on any atom is -0.294 e. The summed E-state index contributed by atoms with van der Waals surface area (Å²) in [5, 5.41) is 0. The van der Waals surface area contributed by atoms with Crippen LogP contribution in [-0.2, 0) is 11.8 Å². The number of fused-ring (bicyclic) bond motifs is 4. The molecule has 0 amide bonds. The van der Waals surface area contributed by atoms with Crippen molar-refractivity contribution in [2.24, 2.45) is 0 Å². The van der Waals surface area contributed by atoms with Crippen LogP contribution >= 0.6 is 0 Å². The molecule has 2 aliphatic heterocycles. The maximum atomic E-state index is 4.84. The van der Waals surface area contributed by atoms with Gasteiger partial charge in [-0.05, 0) is 40.3 Å². The summed E-state index contributed by atoms with van der Waals surface area (Å²) in [5.41, 5.74) is 9.46. The molecule has 1 aromatic heterocycles. The Balaban J connectivity index is 1.86. The number of benzene rings is 2. The summed E-state index contributed by atoms with van der Waals surface area (Å²) >= 11 is 0. The largest absolute Gasteiger partial charge is 0.294 e. The van der Waals surface area contributed by atoms with Crippen LogP contribution in [0.4, 0.5) is 17.2 Å². The summed E-state index contributed by atoms with van der Waals surface area (Å²) in [6, 6.07) is 18.0. The minimum absolute atomic E-state index is 0.0431. The van der Waals surface area contributed by atoms with E-state index in [1.807, 2.05) is 6.20 Å². The fraction of sp³-hybridized carbons (Fsp3) is 0.292. The van der Waals surface area contributed by atoms with Crippen molar-refractivity contribution in [3.05, 3.63) is 82.5 Å². The molecular weight excluding hydrogens is 316 g/mol. The van der Waals surface area contributed by atoms with E-state index in [0.29, 0.717) is 5.92 Å². The highest BCUT2D eigenvalue weighted by Crippen LogP contribution is 2.55. The van der Waals surface area contributed by atoms with E-state index < -0.39 is 0 Å². The van der Waals surface area contributed by atoms with Gasteiger partial charge in [0.05, 0.1) is 11.4 Å². The predicted octanol–water partition coefficient (Wildman–Crippen LogP) is 6.22. The third-order valence-electron chi connectivity index (χ3n) is 6.09. The van der Waals surface area contributed by atoms with E-state index in [-0.39, 0.29) is 5.41 Å². The molecule has 0 spiro atoms. The first-order valence-corrected chi connectivity index (χ1v) is 9.49. The smallest absolute Gasteiger partial charge is 0.141 e. The first-order chi connectivity index (χ1) is 12.5. The molecule has 0 N–H and O–H groups in total. The van der Waals surface area contributed by atoms with E-state index in [9.17, 15) is 0 Å². The third kappa shape index (κ3) is 1.96. The van der Waals surface area contributed by atoms with Crippen LogP contribution in [0.1, 0.15) is 61.4 Å². The fourth-order valence-electron chi connectivity index (χ4n) is 4.55. The van der Waals surface area contributed by atoms with Crippen molar-refractivity contribution in [2.75, 3.05) is 4.90 Å². The van der Waals surface area contributed by atoms with E-state index in [4.69, 9.17) is 4.98 Å². The van der Waals surface area contributed by atoms with Crippen LogP contribution in [0.2, 0.25) is 0 Å². The highest BCUT2D eigenvalue weighted by atomic mass is 15.2. The van der Waals surface area contributed by atoms with Crippen LogP contribution in [0.25, 0.3) is 0 Å². The second-order valence-corrected chi connectivity index (χ2v) is 8.37. The van der Waals surface area contributed by atoms with Gasteiger partial charge in [-0.15, -0.1) is 0 Å². The Bertz CT molecular complexity index is 1030. The zero-order chi connectivity index (χ0) is 18.1. The van der Waals surface area contributed by atoms with Crippen LogP contribution < -0.4 is 4.90 Å². The van der Waals surface area contributed by atoms with Gasteiger partial charge in [-0.25, -0.2) is 4.98 Å². The Kier molecular flexibility index (Phi) is 3.13. The van der Waals surface area contributed by atoms with Crippen LogP contribution in [0.15, 0.2) is 54.7 Å². The van der Waals surface area contributed by atoms with Gasteiger partial charge >= 0.3 is 0 Å². The summed E-state index contributed by atoms with van der Waals surface area (Å²) in [7, 11) is 0. The number of hydrogen-bond acceptors (Lipinski definition) is 2. The Morgan fingerprint density at radius 2 is 1.77 bits per heavy atom. The van der Waals surface area contributed by atoms with Crippen molar-refractivity contribution >= 4 is 17.2 Å². The molecule has 5 rings (SSSR count). The molecule has 3 heterocycles. The molecule has 0 aliphatic carbocycles. The topological polar surface area (TPSA) is 16.1 Å². The minimum atomic E-state index is -0.0431. The number of rotatable bonds is 1. The summed E-state index contributed by atoms with van der Waals surface area (Å²) in [6.07, 6.45) is 2.91. The molecule has 130 valence electrons. The molecule has 3 aromatic rings. The SMILES string of the molecule is CC(C)c1ccc2c(c1)N1c3ncccc3C(C)(C)c3cccc(c31)C2. The number of para-hydroxylation sites is 1. The number of aromatic nitrogens is 1. The summed E-state index contributed by atoms with van der Waals surface area (Å²) in [6.45, 7) is 9.16. The third-order valence-corrected chi connectivity index (χ3v) is 6.09. The second kappa shape index (κ2) is 5.20. The molecule has 0 unspecified atom stereocenters. The van der Waals surface area contributed by atoms with Gasteiger partial charge in [-0.1, -0.05) is 64.1 Å². The molecule has 2 nitrogen and oxygen atoms in total. The van der Waals surface area contributed by atoms with Gasteiger partial charge in [0, 0.05) is 23.6 Å². The molecule has 26 heavy (non-hydrogen) atoms. The average Bonchev–Trinajstić information content (AvgIpc) is 2.64. The highest BCUT2D eigenvalue weighted by Gasteiger charge is 2.40. The lowest BCUT2D eigenvalue weighted by atomic mass is 9.72. The molecule has 2 aromatic carbocycles. The maximum absolute atomic E-state index is 4.84. The Morgan fingerprint density at radius 1 is 0.962 bits per heavy atom. The second-order valence-electron chi connectivity index (χ2n) is 8.37. The molecular formula is C24H24N2. The van der Waals surface area contributed by atoms with Crippen molar-refractivity contribution in [3.63, 3.8) is 0 Å². The van der Waals surface area contributed by atoms with Gasteiger partial charge in [0.2, 0.25) is 0 Å². The van der Waals surface area contributed by atoms with E-state index >= 15 is 0 Å². The van der Waals surface area contributed by atoms with Gasteiger partial charge in [-0.3, -0.25) is 4.90 Å². The quantitative estimate of drug-likeness (QED) is 0.409. The molecule has 0 fully saturated rings. The van der Waals surface area contributed by atoms with Gasteiger partial charge in [0.25, 0.3) is 0 Å². The van der Waals surface area contributed by atoms with E-state index in [1.54, 1.807) is 0 Å². The van der Waals surface area contributed by atoms with E-state index in [0.717, 1.165) is 12.2 Å². The van der Waals surface area contributed by atoms with Gasteiger partial charge in [0.1, 0.15) is 5.82 Å². The Labute approximate surface area is 155 Å². The average molecular weight is 340 g/mol. The van der Waals surface area contributed by atoms with Crippen LogP contribution in [-0.4, -0.2) is 4.98 Å². The van der Waals surface area contributed by atoms with Crippen LogP contribution in [0.5, 0.6) is 0 Å². The fourth-order valence-corrected chi connectivity index (χ4v) is 4.55. The summed E-state index contributed by atoms with van der Waals surface area (Å²) in [5.74, 6) is 1.60. The lowest BCUT2D eigenvalue weighted by Gasteiger charge is -2.44. The summed E-state index contributed by atoms with van der Waals surface area (Å²) in [4.78, 5) is 7.25. The number of hydrogen-bond donors (Lipinski definition) is 0. The number of nitrogens with zero attached hydrogens (tertiary/aromatic N) is 2. The normalized spacial score (nSPS) is 16.1. The standard InChI is InChI=1S/C24H24N2/c1-15(2)16-10-11-17-13-18-7-5-8-19-22(18)26(21(17)14-16)23-20(24(19,3)4)9-6-12-25-23/h5-12,14-15H,13H2,1-4H3. The van der Waals surface area contributed by atoms with Gasteiger partial charge < -0.3 is 0 Å². The Morgan fingerprint density at radius 3 is 2.58 bits per heavy atom. The van der Waals surface area contributed by atoms with Crippen molar-refractivity contribution < 1.29 is 0 Å². The molecule has 0 saturated carbocycles. The highest BCUT2D eigenvalue weighted by molar-refractivity contribution is 5.89. The lowest BCUT2D eigenvalue weighted by molar-refractivity contribution is 0.624. The van der Waals surface area contributed by atoms with Crippen molar-refractivity contribution in [1.82, 2.24) is 4.98 Å². The van der Waals surface area contributed by atoms with Gasteiger partial charge in [0.15, 0.2) is 0 Å². The maximum Gasteiger partial charge on any atom is 0.141 e. The first-order valence-electron chi connectivity index (χ1n) is 9.49. The molecule has 2 aliphatic rings. The monoisotopic (exact) mass is 340 g/mol. The lowest BCUT2D eigenvalue weighted by Crippen LogP contribution is -2.34. The summed E-state index contributed by atoms with van der Waals surface area (Å²) < 4.78 is 0. The Hall–Kier alpha value is -2.61. The van der Waals surface area contributed by atoms with Crippen molar-refractivity contribution in [3.8, 4) is 0 Å². The van der Waals surface area contributed by atoms with Crippen molar-refractivity contribution in [2.45, 2.75) is 45.4 Å². The number of pyridine rings is 1. The molecule has 2 heteroatoms. The zero-order valence-corrected chi connectivity index (χ0v) is 15.9. The zero-order valence-electron chi connectivity index (χ0n) is 15.9. The molecule has 0 atom stereocenters. The molecule has 0 bridgehead atoms. The van der Waals surface area contributed by atoms with E-state index in [1.165, 1.54) is 39.2 Å². The number of anilines is 3. The van der Waals surface area contributed by atoms with Crippen LogP contribution in [0, 0.1) is 0 Å². The van der Waals surface area contributed by atoms with Gasteiger partial charge in [-0.2, -0.15) is 0 Å². The van der Waals surface area contributed by atoms with E-state index in [2.05, 4.69) is 81.1 Å².